The quantitative estimate of drug-likeness (QED) is 0.132. The Kier molecular flexibility index (Phi) is 7.16. The van der Waals surface area contributed by atoms with Gasteiger partial charge in [-0.05, 0) is 5.56 Å². The second-order valence-electron chi connectivity index (χ2n) is 12.8. The van der Waals surface area contributed by atoms with Crippen molar-refractivity contribution in [1.29, 1.82) is 0 Å². The molecule has 0 bridgehead atoms. The monoisotopic (exact) mass is 715 g/mol. The fourth-order valence-corrected chi connectivity index (χ4v) is 10.2. The van der Waals surface area contributed by atoms with Crippen LogP contribution in [0.15, 0.2) is 176 Å². The molecule has 2 heterocycles. The summed E-state index contributed by atoms with van der Waals surface area (Å²) in [6.07, 6.45) is 0. The zero-order chi connectivity index (χ0) is 33.7. The van der Waals surface area contributed by atoms with E-state index in [1.54, 1.807) is 0 Å². The van der Waals surface area contributed by atoms with Crippen molar-refractivity contribution in [3.05, 3.63) is 176 Å². The van der Waals surface area contributed by atoms with Crippen LogP contribution < -0.4 is 0 Å². The number of nitrogens with zero attached hydrogens (tertiary/aromatic N) is 3. The van der Waals surface area contributed by atoms with E-state index in [9.17, 15) is 0 Å². The number of rotatable bonds is 5. The molecule has 0 saturated carbocycles. The minimum atomic E-state index is 0.146. The van der Waals surface area contributed by atoms with Crippen LogP contribution in [0.25, 0.3) is 97.3 Å². The second kappa shape index (κ2) is 12.3. The Morgan fingerprint density at radius 3 is 1.47 bits per heavy atom. The number of fused-ring (bicyclic) bond motifs is 7. The molecule has 10 rings (SSSR count). The molecule has 51 heavy (non-hydrogen) atoms. The average molecular weight is 715 g/mol. The SMILES string of the molecule is c1ccc(-c2ccc(-c3nc(-c4ccccc4)nc(-c4cccc5c4ccc4ccc6c7cccc(-c8ccccc8)c7[se]c6c45)n3)cc2)cc1. The van der Waals surface area contributed by atoms with Gasteiger partial charge in [0.1, 0.15) is 0 Å². The first-order valence-corrected chi connectivity index (χ1v) is 18.8. The molecule has 0 aliphatic heterocycles. The van der Waals surface area contributed by atoms with Crippen molar-refractivity contribution in [1.82, 2.24) is 15.0 Å². The molecule has 0 spiro atoms. The fourth-order valence-electron chi connectivity index (χ4n) is 7.25. The summed E-state index contributed by atoms with van der Waals surface area (Å²) < 4.78 is 2.90. The van der Waals surface area contributed by atoms with Crippen molar-refractivity contribution < 1.29 is 0 Å². The van der Waals surface area contributed by atoms with Crippen molar-refractivity contribution in [2.24, 2.45) is 0 Å². The van der Waals surface area contributed by atoms with E-state index in [-0.39, 0.29) is 14.5 Å². The van der Waals surface area contributed by atoms with Gasteiger partial charge in [-0.25, -0.2) is 0 Å². The van der Waals surface area contributed by atoms with Crippen molar-refractivity contribution in [2.75, 3.05) is 0 Å². The van der Waals surface area contributed by atoms with E-state index in [4.69, 9.17) is 15.0 Å². The van der Waals surface area contributed by atoms with Crippen molar-refractivity contribution >= 4 is 55.3 Å². The summed E-state index contributed by atoms with van der Waals surface area (Å²) in [5.74, 6) is 1.99. The third kappa shape index (κ3) is 5.16. The summed E-state index contributed by atoms with van der Waals surface area (Å²) in [6, 6.07) is 62.4. The predicted molar refractivity (Wildman–Crippen MR) is 214 cm³/mol. The molecule has 0 atom stereocenters. The molecule has 0 aliphatic carbocycles. The molecule has 0 amide bonds. The van der Waals surface area contributed by atoms with E-state index < -0.39 is 0 Å². The predicted octanol–water partition coefficient (Wildman–Crippen LogP) is 11.9. The summed E-state index contributed by atoms with van der Waals surface area (Å²) in [4.78, 5) is 15.3. The summed E-state index contributed by atoms with van der Waals surface area (Å²) >= 11 is 0.146. The topological polar surface area (TPSA) is 38.7 Å². The maximum atomic E-state index is 5.16. The minimum Gasteiger partial charge on any atom is -0.0617 e. The Morgan fingerprint density at radius 2 is 0.784 bits per heavy atom. The van der Waals surface area contributed by atoms with Crippen molar-refractivity contribution in [3.63, 3.8) is 0 Å². The van der Waals surface area contributed by atoms with Crippen LogP contribution >= 0.6 is 0 Å². The van der Waals surface area contributed by atoms with E-state index >= 15 is 0 Å². The molecule has 0 fully saturated rings. The van der Waals surface area contributed by atoms with E-state index in [1.807, 2.05) is 24.3 Å². The van der Waals surface area contributed by atoms with E-state index in [0.717, 1.165) is 27.6 Å². The number of benzene rings is 8. The standard InChI is InChI=1S/C47H29N3Se/c1-4-12-30(13-5-1)31-22-24-35(25-23-31)46-48-45(34-16-8-3-9-17-34)49-47(50-46)41-21-11-19-38-37(41)28-26-33-27-29-40-39-20-10-18-36(32-14-6-2-7-15-32)43(39)51-44(40)42(33)38/h1-29H. The normalized spacial score (nSPS) is 11.5. The Hall–Kier alpha value is -6.19. The van der Waals surface area contributed by atoms with Gasteiger partial charge in [0.15, 0.2) is 0 Å². The van der Waals surface area contributed by atoms with Gasteiger partial charge in [0.25, 0.3) is 0 Å². The molecule has 0 saturated heterocycles. The van der Waals surface area contributed by atoms with Crippen LogP contribution in [0.2, 0.25) is 0 Å². The van der Waals surface area contributed by atoms with Crippen LogP contribution in [0.5, 0.6) is 0 Å². The van der Waals surface area contributed by atoms with Gasteiger partial charge in [0.05, 0.1) is 0 Å². The first-order chi connectivity index (χ1) is 25.3. The van der Waals surface area contributed by atoms with E-state index in [1.165, 1.54) is 52.1 Å². The van der Waals surface area contributed by atoms with Crippen LogP contribution in [0.1, 0.15) is 0 Å². The van der Waals surface area contributed by atoms with Gasteiger partial charge >= 0.3 is 267 Å². The molecule has 10 aromatic rings. The molecule has 0 radical (unpaired) electrons. The zero-order valence-electron chi connectivity index (χ0n) is 27.5. The van der Waals surface area contributed by atoms with Crippen molar-refractivity contribution in [2.45, 2.75) is 0 Å². The van der Waals surface area contributed by atoms with Gasteiger partial charge in [-0.1, -0.05) is 30.3 Å². The molecule has 8 aromatic carbocycles. The number of hydrogen-bond donors (Lipinski definition) is 0. The van der Waals surface area contributed by atoms with Gasteiger partial charge in [0.2, 0.25) is 0 Å². The third-order valence-electron chi connectivity index (χ3n) is 9.75. The summed E-state index contributed by atoms with van der Waals surface area (Å²) in [5, 5.41) is 7.66. The Morgan fingerprint density at radius 1 is 0.294 bits per heavy atom. The molecule has 0 aliphatic rings. The Bertz CT molecular complexity index is 2880. The number of aromatic nitrogens is 3. The first kappa shape index (κ1) is 29.7. The van der Waals surface area contributed by atoms with Crippen LogP contribution in [0.4, 0.5) is 0 Å². The molecule has 4 heteroatoms. The summed E-state index contributed by atoms with van der Waals surface area (Å²) in [6.45, 7) is 0. The van der Waals surface area contributed by atoms with Gasteiger partial charge in [-0.3, -0.25) is 0 Å². The van der Waals surface area contributed by atoms with Crippen LogP contribution in [-0.4, -0.2) is 29.5 Å². The number of hydrogen-bond acceptors (Lipinski definition) is 3. The smallest absolute Gasteiger partial charge is 0.0544 e. The van der Waals surface area contributed by atoms with Gasteiger partial charge < -0.3 is 0 Å². The van der Waals surface area contributed by atoms with Gasteiger partial charge in [-0.2, -0.15) is 0 Å². The van der Waals surface area contributed by atoms with Gasteiger partial charge in [-0.15, -0.1) is 0 Å². The molecular weight excluding hydrogens is 685 g/mol. The summed E-state index contributed by atoms with van der Waals surface area (Å²) in [5.41, 5.74) is 7.86. The largest absolute Gasteiger partial charge is 0.0617 e. The molecule has 0 N–H and O–H groups in total. The Labute approximate surface area is 301 Å². The minimum absolute atomic E-state index is 0.146. The van der Waals surface area contributed by atoms with E-state index in [0.29, 0.717) is 17.5 Å². The molecule has 2 aromatic heterocycles. The Balaban J connectivity index is 1.18. The second-order valence-corrected chi connectivity index (χ2v) is 14.9. The third-order valence-corrected chi connectivity index (χ3v) is 12.4. The van der Waals surface area contributed by atoms with Crippen molar-refractivity contribution in [3.8, 4) is 56.4 Å². The molecular formula is C47H29N3Se. The van der Waals surface area contributed by atoms with Crippen LogP contribution in [-0.2, 0) is 0 Å². The fraction of sp³-hybridized carbons (Fsp3) is 0. The zero-order valence-corrected chi connectivity index (χ0v) is 29.2. The van der Waals surface area contributed by atoms with Crippen LogP contribution in [0.3, 0.4) is 0 Å². The average Bonchev–Trinajstić information content (AvgIpc) is 3.60. The van der Waals surface area contributed by atoms with Crippen LogP contribution in [0, 0.1) is 0 Å². The van der Waals surface area contributed by atoms with E-state index in [2.05, 4.69) is 152 Å². The maximum absolute atomic E-state index is 5.16. The first-order valence-electron chi connectivity index (χ1n) is 17.1. The van der Waals surface area contributed by atoms with Gasteiger partial charge in [0, 0.05) is 0 Å². The summed E-state index contributed by atoms with van der Waals surface area (Å²) in [7, 11) is 0. The molecule has 3 nitrogen and oxygen atoms in total. The molecule has 0 unspecified atom stereocenters. The maximum Gasteiger partial charge on any atom is -0.0544 e. The molecule has 238 valence electrons.